The van der Waals surface area contributed by atoms with Crippen LogP contribution in [0.5, 0.6) is 0 Å². The van der Waals surface area contributed by atoms with E-state index in [-0.39, 0.29) is 5.92 Å². The van der Waals surface area contributed by atoms with Gasteiger partial charge in [0.1, 0.15) is 5.82 Å². The fourth-order valence-corrected chi connectivity index (χ4v) is 1.45. The second kappa shape index (κ2) is 4.49. The van der Waals surface area contributed by atoms with Gasteiger partial charge >= 0.3 is 0 Å². The average molecular weight is 210 g/mol. The minimum atomic E-state index is -0.330. The Morgan fingerprint density at radius 2 is 1.75 bits per heavy atom. The highest BCUT2D eigenvalue weighted by molar-refractivity contribution is 5.34. The lowest BCUT2D eigenvalue weighted by Crippen LogP contribution is -2.00. The summed E-state index contributed by atoms with van der Waals surface area (Å²) >= 11 is 0. The summed E-state index contributed by atoms with van der Waals surface area (Å²) in [5, 5.41) is 9.18. The van der Waals surface area contributed by atoms with E-state index in [1.165, 1.54) is 0 Å². The van der Waals surface area contributed by atoms with Gasteiger partial charge in [-0.05, 0) is 24.6 Å². The number of nitrogens with zero attached hydrogens (tertiary/aromatic N) is 4. The summed E-state index contributed by atoms with van der Waals surface area (Å²) in [5.74, 6) is 0.374. The summed E-state index contributed by atoms with van der Waals surface area (Å²) in [7, 11) is 0. The van der Waals surface area contributed by atoms with Crippen molar-refractivity contribution in [1.82, 2.24) is 15.0 Å². The van der Waals surface area contributed by atoms with Gasteiger partial charge in [0.05, 0.1) is 12.0 Å². The first kappa shape index (κ1) is 10.2. The van der Waals surface area contributed by atoms with E-state index in [2.05, 4.69) is 21.0 Å². The highest BCUT2D eigenvalue weighted by Crippen LogP contribution is 2.21. The van der Waals surface area contributed by atoms with Crippen molar-refractivity contribution in [2.75, 3.05) is 0 Å². The standard InChI is InChI=1S/C12H10N4/c1-9-15-7-11(8-16-9)12(6-13)10-2-4-14-5-3-10/h2-5,7-8,12H,1H3/t12-/m0/s1. The van der Waals surface area contributed by atoms with Crippen LogP contribution >= 0.6 is 0 Å². The van der Waals surface area contributed by atoms with E-state index in [1.807, 2.05) is 19.1 Å². The number of pyridine rings is 1. The Hall–Kier alpha value is -2.28. The Morgan fingerprint density at radius 1 is 1.12 bits per heavy atom. The zero-order chi connectivity index (χ0) is 11.4. The fraction of sp³-hybridized carbons (Fsp3) is 0.167. The molecule has 0 saturated carbocycles. The first-order chi connectivity index (χ1) is 7.81. The number of hydrogen-bond donors (Lipinski definition) is 0. The number of aromatic nitrogens is 3. The summed E-state index contributed by atoms with van der Waals surface area (Å²) in [6.07, 6.45) is 6.73. The Morgan fingerprint density at radius 3 is 2.31 bits per heavy atom. The topological polar surface area (TPSA) is 62.5 Å². The van der Waals surface area contributed by atoms with E-state index < -0.39 is 0 Å². The number of aryl methyl sites for hydroxylation is 1. The molecule has 2 aromatic heterocycles. The largest absolute Gasteiger partial charge is 0.265 e. The van der Waals surface area contributed by atoms with Crippen LogP contribution in [0.2, 0.25) is 0 Å². The zero-order valence-electron chi connectivity index (χ0n) is 8.83. The van der Waals surface area contributed by atoms with Crippen molar-refractivity contribution in [3.8, 4) is 6.07 Å². The van der Waals surface area contributed by atoms with Crippen molar-refractivity contribution in [2.45, 2.75) is 12.8 Å². The summed E-state index contributed by atoms with van der Waals surface area (Å²) in [6, 6.07) is 5.90. The monoisotopic (exact) mass is 210 g/mol. The lowest BCUT2D eigenvalue weighted by molar-refractivity contribution is 0.951. The van der Waals surface area contributed by atoms with Gasteiger partial charge in [-0.3, -0.25) is 4.98 Å². The van der Waals surface area contributed by atoms with E-state index >= 15 is 0 Å². The third-order valence-corrected chi connectivity index (χ3v) is 2.30. The van der Waals surface area contributed by atoms with Crippen molar-refractivity contribution >= 4 is 0 Å². The minimum absolute atomic E-state index is 0.330. The fourth-order valence-electron chi connectivity index (χ4n) is 1.45. The van der Waals surface area contributed by atoms with Crippen LogP contribution in [0.4, 0.5) is 0 Å². The molecule has 2 rings (SSSR count). The SMILES string of the molecule is Cc1ncc([C@@H](C#N)c2ccncc2)cn1. The van der Waals surface area contributed by atoms with E-state index in [1.54, 1.807) is 24.8 Å². The Kier molecular flexibility index (Phi) is 2.88. The molecule has 0 radical (unpaired) electrons. The second-order valence-electron chi connectivity index (χ2n) is 3.41. The highest BCUT2D eigenvalue weighted by atomic mass is 14.8. The molecule has 0 aliphatic carbocycles. The molecule has 4 heteroatoms. The number of nitriles is 1. The van der Waals surface area contributed by atoms with Crippen molar-refractivity contribution in [2.24, 2.45) is 0 Å². The molecule has 0 saturated heterocycles. The molecule has 0 fully saturated rings. The quantitative estimate of drug-likeness (QED) is 0.758. The summed E-state index contributed by atoms with van der Waals surface area (Å²) < 4.78 is 0. The molecular formula is C12H10N4. The van der Waals surface area contributed by atoms with E-state index in [9.17, 15) is 5.26 Å². The Bertz CT molecular complexity index is 499. The molecule has 2 aromatic rings. The van der Waals surface area contributed by atoms with Crippen molar-refractivity contribution < 1.29 is 0 Å². The van der Waals surface area contributed by atoms with Crippen LogP contribution in [0, 0.1) is 18.3 Å². The molecule has 0 aliphatic heterocycles. The molecule has 0 unspecified atom stereocenters. The summed E-state index contributed by atoms with van der Waals surface area (Å²) in [5.41, 5.74) is 1.71. The lowest BCUT2D eigenvalue weighted by atomic mass is 9.96. The molecule has 1 atom stereocenters. The first-order valence-electron chi connectivity index (χ1n) is 4.89. The van der Waals surface area contributed by atoms with Crippen LogP contribution in [0.15, 0.2) is 36.9 Å². The third kappa shape index (κ3) is 2.04. The van der Waals surface area contributed by atoms with E-state index in [0.29, 0.717) is 5.82 Å². The highest BCUT2D eigenvalue weighted by Gasteiger charge is 2.13. The number of rotatable bonds is 2. The molecule has 2 heterocycles. The van der Waals surface area contributed by atoms with Crippen LogP contribution < -0.4 is 0 Å². The normalized spacial score (nSPS) is 11.8. The molecule has 0 amide bonds. The smallest absolute Gasteiger partial charge is 0.125 e. The zero-order valence-corrected chi connectivity index (χ0v) is 8.83. The number of hydrogen-bond acceptors (Lipinski definition) is 4. The van der Waals surface area contributed by atoms with E-state index in [4.69, 9.17) is 0 Å². The maximum atomic E-state index is 9.18. The molecule has 0 bridgehead atoms. The van der Waals surface area contributed by atoms with Gasteiger partial charge in [0.15, 0.2) is 0 Å². The second-order valence-corrected chi connectivity index (χ2v) is 3.41. The van der Waals surface area contributed by atoms with Crippen LogP contribution in [0.1, 0.15) is 22.9 Å². The first-order valence-corrected chi connectivity index (χ1v) is 4.89. The van der Waals surface area contributed by atoms with Gasteiger partial charge in [-0.2, -0.15) is 5.26 Å². The molecule has 78 valence electrons. The van der Waals surface area contributed by atoms with Gasteiger partial charge < -0.3 is 0 Å². The van der Waals surface area contributed by atoms with Gasteiger partial charge in [0, 0.05) is 30.4 Å². The minimum Gasteiger partial charge on any atom is -0.265 e. The van der Waals surface area contributed by atoms with E-state index in [0.717, 1.165) is 11.1 Å². The van der Waals surface area contributed by atoms with Crippen molar-refractivity contribution in [3.63, 3.8) is 0 Å². The van der Waals surface area contributed by atoms with Crippen LogP contribution in [-0.4, -0.2) is 15.0 Å². The molecule has 0 N–H and O–H groups in total. The predicted octanol–water partition coefficient (Wildman–Crippen LogP) is 1.84. The summed E-state index contributed by atoms with van der Waals surface area (Å²) in [6.45, 7) is 1.82. The molecule has 0 aliphatic rings. The lowest BCUT2D eigenvalue weighted by Gasteiger charge is -2.08. The molecule has 0 spiro atoms. The molecule has 4 nitrogen and oxygen atoms in total. The maximum absolute atomic E-state index is 9.18. The molecular weight excluding hydrogens is 200 g/mol. The van der Waals surface area contributed by atoms with Crippen molar-refractivity contribution in [3.05, 3.63) is 53.9 Å². The Balaban J connectivity index is 2.38. The van der Waals surface area contributed by atoms with Crippen LogP contribution in [0.25, 0.3) is 0 Å². The third-order valence-electron chi connectivity index (χ3n) is 2.30. The predicted molar refractivity (Wildman–Crippen MR) is 58.5 cm³/mol. The molecule has 0 aromatic carbocycles. The molecule has 16 heavy (non-hydrogen) atoms. The van der Waals surface area contributed by atoms with Gasteiger partial charge in [-0.15, -0.1) is 0 Å². The van der Waals surface area contributed by atoms with Crippen LogP contribution in [0.3, 0.4) is 0 Å². The van der Waals surface area contributed by atoms with Gasteiger partial charge in [0.2, 0.25) is 0 Å². The Labute approximate surface area is 93.6 Å². The van der Waals surface area contributed by atoms with Gasteiger partial charge in [-0.25, -0.2) is 9.97 Å². The van der Waals surface area contributed by atoms with Gasteiger partial charge in [-0.1, -0.05) is 0 Å². The van der Waals surface area contributed by atoms with Crippen molar-refractivity contribution in [1.29, 1.82) is 5.26 Å². The average Bonchev–Trinajstić information content (AvgIpc) is 2.34. The van der Waals surface area contributed by atoms with Crippen LogP contribution in [-0.2, 0) is 0 Å². The van der Waals surface area contributed by atoms with Gasteiger partial charge in [0.25, 0.3) is 0 Å². The maximum Gasteiger partial charge on any atom is 0.125 e. The summed E-state index contributed by atoms with van der Waals surface area (Å²) in [4.78, 5) is 12.1.